The van der Waals surface area contributed by atoms with Gasteiger partial charge in [-0.15, -0.1) is 6.58 Å². The van der Waals surface area contributed by atoms with E-state index < -0.39 is 29.3 Å². The lowest BCUT2D eigenvalue weighted by atomic mass is 10.1. The van der Waals surface area contributed by atoms with Gasteiger partial charge < -0.3 is 14.8 Å². The van der Waals surface area contributed by atoms with E-state index in [1.807, 2.05) is 0 Å². The van der Waals surface area contributed by atoms with Crippen LogP contribution in [0.2, 0.25) is 0 Å². The monoisotopic (exact) mass is 271 g/mol. The summed E-state index contributed by atoms with van der Waals surface area (Å²) in [6.45, 7) is 14.1. The predicted octanol–water partition coefficient (Wildman–Crippen LogP) is 2.80. The van der Waals surface area contributed by atoms with Crippen LogP contribution in [0.1, 0.15) is 48.0 Å². The van der Waals surface area contributed by atoms with Crippen LogP contribution in [0.15, 0.2) is 12.7 Å². The first-order valence-electron chi connectivity index (χ1n) is 6.28. The van der Waals surface area contributed by atoms with E-state index in [9.17, 15) is 9.59 Å². The Bertz CT molecular complexity index is 336. The summed E-state index contributed by atoms with van der Waals surface area (Å²) in [5, 5.41) is 2.49. The lowest BCUT2D eigenvalue weighted by molar-refractivity contribution is -0.157. The van der Waals surface area contributed by atoms with Crippen molar-refractivity contribution in [2.75, 3.05) is 0 Å². The molecule has 1 atom stereocenters. The van der Waals surface area contributed by atoms with Crippen LogP contribution >= 0.6 is 0 Å². The van der Waals surface area contributed by atoms with Gasteiger partial charge >= 0.3 is 12.1 Å². The molecule has 0 radical (unpaired) electrons. The van der Waals surface area contributed by atoms with Crippen molar-refractivity contribution in [3.8, 4) is 0 Å². The highest BCUT2D eigenvalue weighted by Crippen LogP contribution is 2.11. The smallest absolute Gasteiger partial charge is 0.408 e. The summed E-state index contributed by atoms with van der Waals surface area (Å²) in [6, 6.07) is -0.786. The minimum atomic E-state index is -0.786. The van der Waals surface area contributed by atoms with Gasteiger partial charge in [0, 0.05) is 0 Å². The molecule has 0 heterocycles. The van der Waals surface area contributed by atoms with Crippen LogP contribution in [0.3, 0.4) is 0 Å². The number of hydrogen-bond acceptors (Lipinski definition) is 4. The van der Waals surface area contributed by atoms with E-state index >= 15 is 0 Å². The third-order valence-electron chi connectivity index (χ3n) is 1.78. The molecule has 0 aliphatic heterocycles. The topological polar surface area (TPSA) is 64.6 Å². The number of esters is 1. The van der Waals surface area contributed by atoms with Gasteiger partial charge in [0.25, 0.3) is 0 Å². The van der Waals surface area contributed by atoms with E-state index in [0.717, 1.165) is 0 Å². The second kappa shape index (κ2) is 6.59. The Balaban J connectivity index is 4.61. The summed E-state index contributed by atoms with van der Waals surface area (Å²) in [6.07, 6.45) is 1.19. The van der Waals surface area contributed by atoms with Crippen molar-refractivity contribution in [2.45, 2.75) is 65.2 Å². The largest absolute Gasteiger partial charge is 0.458 e. The molecule has 0 aromatic carbocycles. The zero-order valence-corrected chi connectivity index (χ0v) is 12.7. The second-order valence-electron chi connectivity index (χ2n) is 6.26. The van der Waals surface area contributed by atoms with Crippen molar-refractivity contribution in [2.24, 2.45) is 0 Å². The fourth-order valence-electron chi connectivity index (χ4n) is 1.20. The molecule has 1 N–H and O–H groups in total. The van der Waals surface area contributed by atoms with Gasteiger partial charge in [-0.3, -0.25) is 0 Å². The molecule has 0 spiro atoms. The fraction of sp³-hybridized carbons (Fsp3) is 0.714. The van der Waals surface area contributed by atoms with Gasteiger partial charge in [-0.25, -0.2) is 9.59 Å². The third kappa shape index (κ3) is 9.11. The van der Waals surface area contributed by atoms with Gasteiger partial charge in [-0.2, -0.15) is 0 Å². The van der Waals surface area contributed by atoms with E-state index in [2.05, 4.69) is 11.9 Å². The van der Waals surface area contributed by atoms with Crippen LogP contribution in [-0.4, -0.2) is 29.3 Å². The highest BCUT2D eigenvalue weighted by atomic mass is 16.6. The van der Waals surface area contributed by atoms with Gasteiger partial charge in [0.1, 0.15) is 17.2 Å². The average Bonchev–Trinajstić information content (AvgIpc) is 2.10. The van der Waals surface area contributed by atoms with Crippen molar-refractivity contribution >= 4 is 12.1 Å². The molecule has 5 nitrogen and oxygen atoms in total. The summed E-state index contributed by atoms with van der Waals surface area (Å²) in [7, 11) is 0. The quantitative estimate of drug-likeness (QED) is 0.630. The lowest BCUT2D eigenvalue weighted by Gasteiger charge is -2.25. The number of ether oxygens (including phenoxy) is 2. The van der Waals surface area contributed by atoms with Crippen LogP contribution in [0, 0.1) is 0 Å². The van der Waals surface area contributed by atoms with E-state index in [0.29, 0.717) is 0 Å². The number of hydrogen-bond donors (Lipinski definition) is 1. The Labute approximate surface area is 115 Å². The maximum absolute atomic E-state index is 11.9. The highest BCUT2D eigenvalue weighted by Gasteiger charge is 2.27. The summed E-state index contributed by atoms with van der Waals surface area (Å²) >= 11 is 0. The second-order valence-corrected chi connectivity index (χ2v) is 6.26. The number of carbonyl (C=O) groups is 2. The zero-order valence-electron chi connectivity index (χ0n) is 12.7. The fourth-order valence-corrected chi connectivity index (χ4v) is 1.20. The maximum atomic E-state index is 11.9. The molecule has 0 aromatic rings. The molecule has 1 amide bonds. The minimum absolute atomic E-state index is 0.286. The van der Waals surface area contributed by atoms with E-state index in [1.165, 1.54) is 0 Å². The molecular weight excluding hydrogens is 246 g/mol. The van der Waals surface area contributed by atoms with Gasteiger partial charge in [-0.05, 0) is 48.0 Å². The molecule has 0 aliphatic rings. The van der Waals surface area contributed by atoms with Gasteiger partial charge in [0.2, 0.25) is 0 Å². The molecule has 0 rings (SSSR count). The zero-order chi connectivity index (χ0) is 15.3. The molecule has 0 aromatic heterocycles. The van der Waals surface area contributed by atoms with Crippen LogP contribution in [-0.2, 0) is 14.3 Å². The Hall–Kier alpha value is -1.52. The Morgan fingerprint density at radius 3 is 1.95 bits per heavy atom. The van der Waals surface area contributed by atoms with Crippen molar-refractivity contribution in [3.63, 3.8) is 0 Å². The number of nitrogens with one attached hydrogen (secondary N) is 1. The maximum Gasteiger partial charge on any atom is 0.408 e. The number of amides is 1. The Morgan fingerprint density at radius 2 is 1.58 bits per heavy atom. The average molecular weight is 271 g/mol. The number of rotatable bonds is 4. The molecular formula is C14H25NO4. The van der Waals surface area contributed by atoms with Crippen LogP contribution in [0.5, 0.6) is 0 Å². The van der Waals surface area contributed by atoms with E-state index in [4.69, 9.17) is 9.47 Å². The molecule has 5 heteroatoms. The molecule has 0 saturated carbocycles. The van der Waals surface area contributed by atoms with Gasteiger partial charge in [0.05, 0.1) is 0 Å². The minimum Gasteiger partial charge on any atom is -0.458 e. The summed E-state index contributed by atoms with van der Waals surface area (Å²) in [4.78, 5) is 23.5. The summed E-state index contributed by atoms with van der Waals surface area (Å²) in [5.74, 6) is -0.502. The van der Waals surface area contributed by atoms with Crippen molar-refractivity contribution < 1.29 is 19.1 Å². The molecule has 0 bridgehead atoms. The van der Waals surface area contributed by atoms with E-state index in [-0.39, 0.29) is 6.42 Å². The van der Waals surface area contributed by atoms with Crippen molar-refractivity contribution in [1.82, 2.24) is 5.32 Å². The van der Waals surface area contributed by atoms with Crippen LogP contribution in [0.25, 0.3) is 0 Å². The van der Waals surface area contributed by atoms with Crippen LogP contribution in [0.4, 0.5) is 4.79 Å². The molecule has 0 unspecified atom stereocenters. The summed E-state index contributed by atoms with van der Waals surface area (Å²) < 4.78 is 10.3. The van der Waals surface area contributed by atoms with Gasteiger partial charge in [-0.1, -0.05) is 6.08 Å². The SMILES string of the molecule is C=CC[C@@H](NC(=O)OC(C)(C)C)C(=O)OC(C)(C)C. The van der Waals surface area contributed by atoms with Crippen LogP contribution < -0.4 is 5.32 Å². The van der Waals surface area contributed by atoms with Crippen molar-refractivity contribution in [1.29, 1.82) is 0 Å². The lowest BCUT2D eigenvalue weighted by Crippen LogP contribution is -2.45. The Kier molecular flexibility index (Phi) is 6.06. The molecule has 0 fully saturated rings. The predicted molar refractivity (Wildman–Crippen MR) is 73.8 cm³/mol. The van der Waals surface area contributed by atoms with E-state index in [1.54, 1.807) is 47.6 Å². The highest BCUT2D eigenvalue weighted by molar-refractivity contribution is 5.81. The first-order chi connectivity index (χ1) is 8.44. The third-order valence-corrected chi connectivity index (χ3v) is 1.78. The standard InChI is InChI=1S/C14H25NO4/c1-8-9-10(11(16)18-13(2,3)4)15-12(17)19-14(5,6)7/h8,10H,1,9H2,2-7H3,(H,15,17)/t10-/m1/s1. The molecule has 0 saturated heterocycles. The molecule has 110 valence electrons. The normalized spacial score (nSPS) is 13.4. The first-order valence-corrected chi connectivity index (χ1v) is 6.28. The number of carbonyl (C=O) groups excluding carboxylic acids is 2. The van der Waals surface area contributed by atoms with Crippen molar-refractivity contribution in [3.05, 3.63) is 12.7 Å². The first kappa shape index (κ1) is 17.5. The molecule has 19 heavy (non-hydrogen) atoms. The molecule has 0 aliphatic carbocycles. The Morgan fingerprint density at radius 1 is 1.11 bits per heavy atom. The number of alkyl carbamates (subject to hydrolysis) is 1. The van der Waals surface area contributed by atoms with Gasteiger partial charge in [0.15, 0.2) is 0 Å². The summed E-state index contributed by atoms with van der Waals surface area (Å²) in [5.41, 5.74) is -1.22.